The van der Waals surface area contributed by atoms with Gasteiger partial charge < -0.3 is 26.1 Å². The van der Waals surface area contributed by atoms with Crippen molar-refractivity contribution in [3.8, 4) is 0 Å². The molecular weight excluding hydrogens is 437 g/mol. The monoisotopic (exact) mass is 457 g/mol. The fraction of sp³-hybridized carbons (Fsp3) is 0.350. The molecule has 0 unspecified atom stereocenters. The zero-order valence-electron chi connectivity index (χ0n) is 16.6. The fourth-order valence-electron chi connectivity index (χ4n) is 3.11. The van der Waals surface area contributed by atoms with E-state index in [1.165, 1.54) is 12.3 Å². The van der Waals surface area contributed by atoms with Crippen LogP contribution in [-0.4, -0.2) is 42.3 Å². The summed E-state index contributed by atoms with van der Waals surface area (Å²) in [5.41, 5.74) is -1.93. The molecule has 1 aromatic rings. The predicted molar refractivity (Wildman–Crippen MR) is 105 cm³/mol. The van der Waals surface area contributed by atoms with Crippen LogP contribution in [0.3, 0.4) is 0 Å². The molecule has 1 aliphatic carbocycles. The predicted octanol–water partition coefficient (Wildman–Crippen LogP) is 3.10. The number of nitrogens with zero attached hydrogens (tertiary/aromatic N) is 1. The van der Waals surface area contributed by atoms with Crippen LogP contribution in [0.1, 0.15) is 29.0 Å². The Kier molecular flexibility index (Phi) is 7.23. The van der Waals surface area contributed by atoms with Gasteiger partial charge in [-0.1, -0.05) is 6.07 Å². The average Bonchev–Trinajstić information content (AvgIpc) is 2.74. The zero-order chi connectivity index (χ0) is 23.3. The van der Waals surface area contributed by atoms with Crippen molar-refractivity contribution in [3.05, 3.63) is 65.0 Å². The van der Waals surface area contributed by atoms with Crippen molar-refractivity contribution in [1.82, 2.24) is 20.9 Å². The first-order chi connectivity index (χ1) is 15.1. The van der Waals surface area contributed by atoms with E-state index in [0.717, 1.165) is 44.1 Å². The number of piperidine rings is 1. The van der Waals surface area contributed by atoms with Crippen LogP contribution in [0.2, 0.25) is 0 Å². The number of carbonyl (C=O) groups excluding carboxylic acids is 1. The number of rotatable bonds is 6. The van der Waals surface area contributed by atoms with Crippen LogP contribution in [0.5, 0.6) is 0 Å². The number of halogens is 5. The lowest BCUT2D eigenvalue weighted by molar-refractivity contribution is -0.141. The summed E-state index contributed by atoms with van der Waals surface area (Å²) < 4.78 is 68.6. The van der Waals surface area contributed by atoms with Gasteiger partial charge in [0.15, 0.2) is 5.76 Å². The number of hydrogen-bond acceptors (Lipinski definition) is 6. The second kappa shape index (κ2) is 9.90. The Morgan fingerprint density at radius 1 is 1.25 bits per heavy atom. The third kappa shape index (κ3) is 6.13. The molecular formula is C20H20F5N5O2. The summed E-state index contributed by atoms with van der Waals surface area (Å²) in [6.45, 7) is -1.59. The number of nitrogens with one attached hydrogen (secondary N) is 4. The number of pyridine rings is 1. The van der Waals surface area contributed by atoms with Gasteiger partial charge >= 0.3 is 12.8 Å². The highest BCUT2D eigenvalue weighted by Crippen LogP contribution is 2.27. The first kappa shape index (κ1) is 23.4. The van der Waals surface area contributed by atoms with Gasteiger partial charge in [0.25, 0.3) is 5.91 Å². The maximum atomic E-state index is 12.9. The largest absolute Gasteiger partial charge is 0.433 e. The van der Waals surface area contributed by atoms with E-state index < -0.39 is 35.8 Å². The van der Waals surface area contributed by atoms with E-state index in [9.17, 15) is 26.7 Å². The second-order valence-corrected chi connectivity index (χ2v) is 7.01. The summed E-state index contributed by atoms with van der Waals surface area (Å²) in [6, 6.07) is 2.93. The summed E-state index contributed by atoms with van der Waals surface area (Å²) in [6.07, 6.45) is 0.706. The van der Waals surface area contributed by atoms with E-state index in [1.54, 1.807) is 0 Å². The van der Waals surface area contributed by atoms with Gasteiger partial charge in [-0.2, -0.15) is 22.0 Å². The number of ether oxygens (including phenoxy) is 1. The minimum atomic E-state index is -4.75. The molecule has 2 heterocycles. The minimum absolute atomic E-state index is 0.141. The molecule has 0 saturated carbocycles. The third-order valence-electron chi connectivity index (χ3n) is 4.70. The van der Waals surface area contributed by atoms with Crippen LogP contribution >= 0.6 is 0 Å². The third-order valence-corrected chi connectivity index (χ3v) is 4.70. The Hall–Kier alpha value is -3.28. The number of allylic oxidation sites excluding steroid dienone is 3. The number of amides is 1. The zero-order valence-corrected chi connectivity index (χ0v) is 16.6. The molecule has 1 fully saturated rings. The number of carbonyl (C=O) groups is 1. The van der Waals surface area contributed by atoms with Gasteiger partial charge in [-0.25, -0.2) is 4.98 Å². The molecule has 0 aromatic carbocycles. The van der Waals surface area contributed by atoms with Crippen molar-refractivity contribution in [2.75, 3.05) is 13.1 Å². The van der Waals surface area contributed by atoms with Crippen molar-refractivity contribution in [1.29, 1.82) is 5.41 Å². The standard InChI is InChI=1S/C20H20F5N5O2/c21-19(22)32-16-9-13(26)11(10-28-12-4-6-27-7-5-12)8-15(16)30-18(31)14-2-1-3-17(29-14)20(23,24)25/h1-3,8-10,12,19,26-28H,4-7H2,(H,30,31)/b11-10-,26-13?. The Bertz CT molecular complexity index is 965. The summed E-state index contributed by atoms with van der Waals surface area (Å²) in [7, 11) is 0. The molecule has 1 amide bonds. The molecule has 3 rings (SSSR count). The Labute approximate surface area is 179 Å². The van der Waals surface area contributed by atoms with Crippen LogP contribution in [0.4, 0.5) is 22.0 Å². The lowest BCUT2D eigenvalue weighted by Gasteiger charge is -2.24. The first-order valence-corrected chi connectivity index (χ1v) is 9.63. The van der Waals surface area contributed by atoms with Crippen LogP contribution in [0.15, 0.2) is 53.6 Å². The smallest absolute Gasteiger partial charge is 0.433 e. The van der Waals surface area contributed by atoms with Gasteiger partial charge in [-0.05, 0) is 44.1 Å². The molecule has 12 heteroatoms. The van der Waals surface area contributed by atoms with Crippen molar-refractivity contribution >= 4 is 11.6 Å². The van der Waals surface area contributed by atoms with Crippen molar-refractivity contribution < 1.29 is 31.5 Å². The van der Waals surface area contributed by atoms with Gasteiger partial charge in [0.1, 0.15) is 11.4 Å². The van der Waals surface area contributed by atoms with Gasteiger partial charge in [0, 0.05) is 23.9 Å². The lowest BCUT2D eigenvalue weighted by atomic mass is 10.0. The highest BCUT2D eigenvalue weighted by atomic mass is 19.4. The van der Waals surface area contributed by atoms with Gasteiger partial charge in [0.2, 0.25) is 0 Å². The van der Waals surface area contributed by atoms with Gasteiger partial charge in [-0.15, -0.1) is 0 Å². The van der Waals surface area contributed by atoms with Crippen LogP contribution in [0.25, 0.3) is 0 Å². The number of alkyl halides is 5. The van der Waals surface area contributed by atoms with Crippen LogP contribution < -0.4 is 16.0 Å². The van der Waals surface area contributed by atoms with Crippen molar-refractivity contribution in [2.45, 2.75) is 31.7 Å². The van der Waals surface area contributed by atoms with Gasteiger partial charge in [-0.3, -0.25) is 4.79 Å². The number of hydrogen-bond donors (Lipinski definition) is 4. The molecule has 0 atom stereocenters. The normalized spacial score (nSPS) is 18.9. The molecule has 172 valence electrons. The molecule has 32 heavy (non-hydrogen) atoms. The summed E-state index contributed by atoms with van der Waals surface area (Å²) in [4.78, 5) is 15.7. The summed E-state index contributed by atoms with van der Waals surface area (Å²) in [5, 5.41) is 16.7. The minimum Gasteiger partial charge on any atom is -0.433 e. The van der Waals surface area contributed by atoms with E-state index in [1.807, 2.05) is 0 Å². The molecule has 4 N–H and O–H groups in total. The maximum Gasteiger partial charge on any atom is 0.433 e. The van der Waals surface area contributed by atoms with E-state index in [-0.39, 0.29) is 23.0 Å². The fourth-order valence-corrected chi connectivity index (χ4v) is 3.11. The average molecular weight is 457 g/mol. The first-order valence-electron chi connectivity index (χ1n) is 9.63. The van der Waals surface area contributed by atoms with E-state index in [4.69, 9.17) is 5.41 Å². The Morgan fingerprint density at radius 3 is 2.62 bits per heavy atom. The van der Waals surface area contributed by atoms with Crippen LogP contribution in [-0.2, 0) is 10.9 Å². The second-order valence-electron chi connectivity index (χ2n) is 7.01. The highest BCUT2D eigenvalue weighted by molar-refractivity contribution is 6.10. The molecule has 1 aromatic heterocycles. The molecule has 1 aliphatic heterocycles. The van der Waals surface area contributed by atoms with E-state index in [2.05, 4.69) is 25.7 Å². The van der Waals surface area contributed by atoms with Crippen LogP contribution in [0, 0.1) is 5.41 Å². The Morgan fingerprint density at radius 2 is 1.97 bits per heavy atom. The molecule has 2 aliphatic rings. The number of aromatic nitrogens is 1. The topological polar surface area (TPSA) is 99.1 Å². The Balaban J connectivity index is 1.83. The summed E-state index contributed by atoms with van der Waals surface area (Å²) in [5.74, 6) is -1.55. The maximum absolute atomic E-state index is 12.9. The van der Waals surface area contributed by atoms with Crippen molar-refractivity contribution in [3.63, 3.8) is 0 Å². The molecule has 0 bridgehead atoms. The quantitative estimate of drug-likeness (QED) is 0.492. The van der Waals surface area contributed by atoms with Crippen molar-refractivity contribution in [2.24, 2.45) is 0 Å². The molecule has 0 spiro atoms. The molecule has 0 radical (unpaired) electrons. The van der Waals surface area contributed by atoms with Gasteiger partial charge in [0.05, 0.1) is 11.4 Å². The SMILES string of the molecule is N=C1C=C(OC(F)F)C(NC(=O)c2cccc(C(F)(F)F)n2)=C/C1=C/NC1CCNCC1. The summed E-state index contributed by atoms with van der Waals surface area (Å²) >= 11 is 0. The molecule has 7 nitrogen and oxygen atoms in total. The lowest BCUT2D eigenvalue weighted by Crippen LogP contribution is -2.38. The van der Waals surface area contributed by atoms with E-state index in [0.29, 0.717) is 6.07 Å². The molecule has 1 saturated heterocycles. The van der Waals surface area contributed by atoms with E-state index >= 15 is 0 Å². The highest BCUT2D eigenvalue weighted by Gasteiger charge is 2.33.